The molecule has 6 nitrogen and oxygen atoms in total. The lowest BCUT2D eigenvalue weighted by molar-refractivity contribution is 0.355. The van der Waals surface area contributed by atoms with Crippen molar-refractivity contribution in [2.75, 3.05) is 50.6 Å². The van der Waals surface area contributed by atoms with Gasteiger partial charge in [-0.2, -0.15) is 0 Å². The highest BCUT2D eigenvalue weighted by atomic mass is 16.5. The number of ether oxygens (including phenoxy) is 2. The van der Waals surface area contributed by atoms with Crippen LogP contribution in [0.2, 0.25) is 0 Å². The fourth-order valence-corrected chi connectivity index (χ4v) is 3.43. The number of para-hydroxylation sites is 1. The van der Waals surface area contributed by atoms with E-state index < -0.39 is 0 Å². The molecule has 1 unspecified atom stereocenters. The van der Waals surface area contributed by atoms with Crippen molar-refractivity contribution in [2.24, 2.45) is 10.9 Å². The standard InChI is InChI=1S/C22H30N4O2/c1-4-23-22(25-18-10-11-20(27-2)21(14-18)28-3)24-15-17-12-13-26(16-17)19-8-6-5-7-9-19/h5-11,14,17H,4,12-13,15-16H2,1-3H3,(H2,23,24,25). The average Bonchev–Trinajstić information content (AvgIpc) is 3.22. The summed E-state index contributed by atoms with van der Waals surface area (Å²) in [7, 11) is 3.27. The lowest BCUT2D eigenvalue weighted by Gasteiger charge is -2.18. The van der Waals surface area contributed by atoms with Crippen LogP contribution in [0.1, 0.15) is 13.3 Å². The minimum atomic E-state index is 0.557. The van der Waals surface area contributed by atoms with E-state index in [4.69, 9.17) is 14.5 Å². The van der Waals surface area contributed by atoms with E-state index in [-0.39, 0.29) is 0 Å². The first-order valence-corrected chi connectivity index (χ1v) is 9.80. The highest BCUT2D eigenvalue weighted by Gasteiger charge is 2.22. The molecule has 0 saturated carbocycles. The normalized spacial score (nSPS) is 16.8. The lowest BCUT2D eigenvalue weighted by Crippen LogP contribution is -2.31. The molecule has 0 aliphatic carbocycles. The summed E-state index contributed by atoms with van der Waals surface area (Å²) in [6, 6.07) is 16.4. The highest BCUT2D eigenvalue weighted by molar-refractivity contribution is 5.93. The minimum Gasteiger partial charge on any atom is -0.493 e. The molecular weight excluding hydrogens is 352 g/mol. The first kappa shape index (κ1) is 19.9. The number of rotatable bonds is 7. The zero-order chi connectivity index (χ0) is 19.8. The number of nitrogens with one attached hydrogen (secondary N) is 2. The third-order valence-electron chi connectivity index (χ3n) is 4.91. The molecule has 0 bridgehead atoms. The van der Waals surface area contributed by atoms with Crippen molar-refractivity contribution in [1.82, 2.24) is 5.32 Å². The molecule has 3 rings (SSSR count). The summed E-state index contributed by atoms with van der Waals surface area (Å²) >= 11 is 0. The Labute approximate surface area is 167 Å². The van der Waals surface area contributed by atoms with Crippen LogP contribution >= 0.6 is 0 Å². The second-order valence-corrected chi connectivity index (χ2v) is 6.85. The van der Waals surface area contributed by atoms with Crippen LogP contribution in [-0.2, 0) is 0 Å². The van der Waals surface area contributed by atoms with E-state index in [0.29, 0.717) is 17.4 Å². The second-order valence-electron chi connectivity index (χ2n) is 6.85. The third-order valence-corrected chi connectivity index (χ3v) is 4.91. The molecule has 1 saturated heterocycles. The number of guanidine groups is 1. The molecule has 6 heteroatoms. The molecule has 0 amide bonds. The van der Waals surface area contributed by atoms with Gasteiger partial charge in [-0.05, 0) is 43.5 Å². The van der Waals surface area contributed by atoms with Crippen LogP contribution in [0.25, 0.3) is 0 Å². The van der Waals surface area contributed by atoms with Gasteiger partial charge in [0.05, 0.1) is 14.2 Å². The van der Waals surface area contributed by atoms with Gasteiger partial charge in [-0.1, -0.05) is 18.2 Å². The summed E-state index contributed by atoms with van der Waals surface area (Å²) in [5, 5.41) is 6.68. The van der Waals surface area contributed by atoms with Crippen LogP contribution in [0.5, 0.6) is 11.5 Å². The number of benzene rings is 2. The number of aliphatic imine (C=N–C) groups is 1. The average molecular weight is 383 g/mol. The second kappa shape index (κ2) is 9.88. The summed E-state index contributed by atoms with van der Waals surface area (Å²) < 4.78 is 10.7. The van der Waals surface area contributed by atoms with Crippen molar-refractivity contribution < 1.29 is 9.47 Å². The Morgan fingerprint density at radius 1 is 1.11 bits per heavy atom. The molecule has 0 radical (unpaired) electrons. The molecule has 28 heavy (non-hydrogen) atoms. The van der Waals surface area contributed by atoms with Crippen molar-refractivity contribution in [3.05, 3.63) is 48.5 Å². The molecule has 1 atom stereocenters. The van der Waals surface area contributed by atoms with Gasteiger partial charge in [0.15, 0.2) is 17.5 Å². The summed E-state index contributed by atoms with van der Waals surface area (Å²) in [6.07, 6.45) is 1.16. The molecule has 1 heterocycles. The SMILES string of the molecule is CCNC(=NCC1CCN(c2ccccc2)C1)Nc1ccc(OC)c(OC)c1. The van der Waals surface area contributed by atoms with Gasteiger partial charge < -0.3 is 25.0 Å². The predicted octanol–water partition coefficient (Wildman–Crippen LogP) is 3.61. The summed E-state index contributed by atoms with van der Waals surface area (Å²) in [4.78, 5) is 7.25. The van der Waals surface area contributed by atoms with Crippen LogP contribution in [0, 0.1) is 5.92 Å². The van der Waals surface area contributed by atoms with E-state index in [0.717, 1.165) is 44.2 Å². The zero-order valence-electron chi connectivity index (χ0n) is 16.9. The van der Waals surface area contributed by atoms with Crippen molar-refractivity contribution in [1.29, 1.82) is 0 Å². The fourth-order valence-electron chi connectivity index (χ4n) is 3.43. The van der Waals surface area contributed by atoms with Crippen LogP contribution in [0.4, 0.5) is 11.4 Å². The maximum Gasteiger partial charge on any atom is 0.195 e. The Morgan fingerprint density at radius 2 is 1.89 bits per heavy atom. The molecule has 1 fully saturated rings. The summed E-state index contributed by atoms with van der Waals surface area (Å²) in [5.74, 6) is 2.74. The van der Waals surface area contributed by atoms with Gasteiger partial charge in [0, 0.05) is 43.6 Å². The zero-order valence-corrected chi connectivity index (χ0v) is 16.9. The third kappa shape index (κ3) is 5.09. The van der Waals surface area contributed by atoms with Gasteiger partial charge in [-0.15, -0.1) is 0 Å². The Hall–Kier alpha value is -2.89. The van der Waals surface area contributed by atoms with Crippen LogP contribution < -0.4 is 25.0 Å². The number of anilines is 2. The Bertz CT molecular complexity index is 779. The van der Waals surface area contributed by atoms with E-state index >= 15 is 0 Å². The van der Waals surface area contributed by atoms with Gasteiger partial charge in [-0.25, -0.2) is 0 Å². The Morgan fingerprint density at radius 3 is 2.61 bits per heavy atom. The number of hydrogen-bond donors (Lipinski definition) is 2. The summed E-state index contributed by atoms with van der Waals surface area (Å²) in [6.45, 7) is 5.80. The molecule has 0 aromatic heterocycles. The van der Waals surface area contributed by atoms with Crippen molar-refractivity contribution in [2.45, 2.75) is 13.3 Å². The number of hydrogen-bond acceptors (Lipinski definition) is 4. The largest absolute Gasteiger partial charge is 0.493 e. The van der Waals surface area contributed by atoms with Crippen LogP contribution in [0.15, 0.2) is 53.5 Å². The Kier molecular flexibility index (Phi) is 7.00. The van der Waals surface area contributed by atoms with Gasteiger partial charge in [0.25, 0.3) is 0 Å². The van der Waals surface area contributed by atoms with Crippen molar-refractivity contribution in [3.63, 3.8) is 0 Å². The summed E-state index contributed by atoms with van der Waals surface area (Å²) in [5.41, 5.74) is 2.21. The minimum absolute atomic E-state index is 0.557. The van der Waals surface area contributed by atoms with Gasteiger partial charge in [-0.3, -0.25) is 4.99 Å². The van der Waals surface area contributed by atoms with E-state index in [2.05, 4.69) is 52.8 Å². The van der Waals surface area contributed by atoms with E-state index in [1.807, 2.05) is 18.2 Å². The fraction of sp³-hybridized carbons (Fsp3) is 0.409. The van der Waals surface area contributed by atoms with Gasteiger partial charge >= 0.3 is 0 Å². The number of nitrogens with zero attached hydrogens (tertiary/aromatic N) is 2. The molecule has 2 aromatic carbocycles. The highest BCUT2D eigenvalue weighted by Crippen LogP contribution is 2.29. The van der Waals surface area contributed by atoms with Gasteiger partial charge in [0.1, 0.15) is 0 Å². The predicted molar refractivity (Wildman–Crippen MR) is 116 cm³/mol. The van der Waals surface area contributed by atoms with E-state index in [1.165, 1.54) is 5.69 Å². The molecule has 1 aliphatic rings. The molecule has 2 aromatic rings. The Balaban J connectivity index is 1.62. The monoisotopic (exact) mass is 382 g/mol. The topological polar surface area (TPSA) is 58.1 Å². The van der Waals surface area contributed by atoms with Crippen molar-refractivity contribution >= 4 is 17.3 Å². The molecular formula is C22H30N4O2. The number of methoxy groups -OCH3 is 2. The van der Waals surface area contributed by atoms with E-state index in [9.17, 15) is 0 Å². The molecule has 150 valence electrons. The molecule has 2 N–H and O–H groups in total. The lowest BCUT2D eigenvalue weighted by atomic mass is 10.1. The quantitative estimate of drug-likeness (QED) is 0.566. The smallest absolute Gasteiger partial charge is 0.195 e. The van der Waals surface area contributed by atoms with E-state index in [1.54, 1.807) is 14.2 Å². The maximum absolute atomic E-state index is 5.38. The molecule has 1 aliphatic heterocycles. The van der Waals surface area contributed by atoms with Gasteiger partial charge in [0.2, 0.25) is 0 Å². The molecule has 0 spiro atoms. The first-order valence-electron chi connectivity index (χ1n) is 9.80. The van der Waals surface area contributed by atoms with Crippen LogP contribution in [0.3, 0.4) is 0 Å². The van der Waals surface area contributed by atoms with Crippen LogP contribution in [-0.4, -0.2) is 46.4 Å². The van der Waals surface area contributed by atoms with Crippen molar-refractivity contribution in [3.8, 4) is 11.5 Å². The maximum atomic E-state index is 5.38. The first-order chi connectivity index (χ1) is 13.7.